The molecule has 24 heavy (non-hydrogen) atoms. The van der Waals surface area contributed by atoms with Gasteiger partial charge in [-0.3, -0.25) is 4.79 Å². The molecule has 1 aliphatic heterocycles. The van der Waals surface area contributed by atoms with Crippen LogP contribution in [0.3, 0.4) is 0 Å². The summed E-state index contributed by atoms with van der Waals surface area (Å²) in [6, 6.07) is 6.84. The average molecular weight is 333 g/mol. The lowest BCUT2D eigenvalue weighted by Gasteiger charge is -2.21. The van der Waals surface area contributed by atoms with Gasteiger partial charge in [-0.2, -0.15) is 0 Å². The van der Waals surface area contributed by atoms with E-state index in [0.29, 0.717) is 41.0 Å². The molecule has 3 rings (SSSR count). The van der Waals surface area contributed by atoms with Crippen LogP contribution in [0.2, 0.25) is 0 Å². The molecule has 126 valence electrons. The van der Waals surface area contributed by atoms with Gasteiger partial charge >= 0.3 is 0 Å². The van der Waals surface area contributed by atoms with Gasteiger partial charge in [-0.15, -0.1) is 0 Å². The molecule has 1 N–H and O–H groups in total. The second kappa shape index (κ2) is 6.97. The van der Waals surface area contributed by atoms with E-state index in [0.717, 1.165) is 0 Å². The summed E-state index contributed by atoms with van der Waals surface area (Å²) in [6.45, 7) is 2.45. The Labute approximate surface area is 138 Å². The molecule has 2 aromatic rings. The molecule has 0 bridgehead atoms. The minimum atomic E-state index is -0.460. The largest absolute Gasteiger partial charge is 0.467 e. The maximum absolute atomic E-state index is 13.7. The lowest BCUT2D eigenvalue weighted by molar-refractivity contribution is -0.0172. The number of fused-ring (bicyclic) bond motifs is 1. The van der Waals surface area contributed by atoms with Crippen LogP contribution >= 0.6 is 0 Å². The van der Waals surface area contributed by atoms with Crippen molar-refractivity contribution < 1.29 is 23.0 Å². The fourth-order valence-electron chi connectivity index (χ4n) is 2.69. The highest BCUT2D eigenvalue weighted by Gasteiger charge is 2.17. The molecule has 0 spiro atoms. The highest BCUT2D eigenvalue weighted by molar-refractivity contribution is 5.95. The van der Waals surface area contributed by atoms with E-state index >= 15 is 0 Å². The first-order valence-corrected chi connectivity index (χ1v) is 7.61. The summed E-state index contributed by atoms with van der Waals surface area (Å²) in [5, 5.41) is 2.73. The number of halogens is 2. The van der Waals surface area contributed by atoms with Crippen molar-refractivity contribution >= 4 is 5.91 Å². The molecule has 0 atom stereocenters. The molecule has 0 fully saturated rings. The standard InChI is InChI=1S/C18H17F2NO3/c1-11-2-3-14(19)8-16(11)18(22)21-5-4-12-6-15(20)7-13-9-23-10-24-17(12)13/h2-3,6-8H,4-5,9-10H2,1H3,(H,21,22). The third kappa shape index (κ3) is 3.54. The zero-order valence-electron chi connectivity index (χ0n) is 13.2. The lowest BCUT2D eigenvalue weighted by Crippen LogP contribution is -2.27. The van der Waals surface area contributed by atoms with Gasteiger partial charge in [0, 0.05) is 17.7 Å². The number of aryl methyl sites for hydroxylation is 1. The van der Waals surface area contributed by atoms with E-state index in [9.17, 15) is 13.6 Å². The number of hydrogen-bond donors (Lipinski definition) is 1. The van der Waals surface area contributed by atoms with Gasteiger partial charge in [0.2, 0.25) is 0 Å². The third-order valence-electron chi connectivity index (χ3n) is 3.88. The van der Waals surface area contributed by atoms with Crippen LogP contribution in [0.1, 0.15) is 27.0 Å². The first-order chi connectivity index (χ1) is 11.5. The van der Waals surface area contributed by atoms with Crippen LogP contribution < -0.4 is 10.1 Å². The zero-order valence-corrected chi connectivity index (χ0v) is 13.2. The van der Waals surface area contributed by atoms with Gasteiger partial charge in [0.1, 0.15) is 17.4 Å². The van der Waals surface area contributed by atoms with Crippen molar-refractivity contribution in [2.75, 3.05) is 13.3 Å². The Morgan fingerprint density at radius 1 is 1.21 bits per heavy atom. The van der Waals surface area contributed by atoms with Crippen molar-refractivity contribution in [3.63, 3.8) is 0 Å². The smallest absolute Gasteiger partial charge is 0.251 e. The Morgan fingerprint density at radius 3 is 2.88 bits per heavy atom. The van der Waals surface area contributed by atoms with Crippen molar-refractivity contribution in [2.45, 2.75) is 20.0 Å². The Hall–Kier alpha value is -2.47. The zero-order chi connectivity index (χ0) is 17.1. The minimum absolute atomic E-state index is 0.125. The van der Waals surface area contributed by atoms with Crippen LogP contribution in [-0.4, -0.2) is 19.2 Å². The van der Waals surface area contributed by atoms with E-state index in [4.69, 9.17) is 9.47 Å². The first kappa shape index (κ1) is 16.4. The number of benzene rings is 2. The molecule has 0 saturated carbocycles. The highest BCUT2D eigenvalue weighted by Crippen LogP contribution is 2.29. The number of hydrogen-bond acceptors (Lipinski definition) is 3. The van der Waals surface area contributed by atoms with Crippen molar-refractivity contribution in [3.8, 4) is 5.75 Å². The van der Waals surface area contributed by atoms with Crippen LogP contribution in [-0.2, 0) is 17.8 Å². The topological polar surface area (TPSA) is 47.6 Å². The van der Waals surface area contributed by atoms with Gasteiger partial charge in [0.05, 0.1) is 6.61 Å². The second-order valence-corrected chi connectivity index (χ2v) is 5.63. The molecule has 0 saturated heterocycles. The summed E-state index contributed by atoms with van der Waals surface area (Å²) in [5.41, 5.74) is 2.31. The molecule has 0 aliphatic carbocycles. The molecule has 1 aliphatic rings. The summed E-state index contributed by atoms with van der Waals surface area (Å²) in [4.78, 5) is 12.2. The molecule has 0 unspecified atom stereocenters. The number of carbonyl (C=O) groups excluding carboxylic acids is 1. The van der Waals surface area contributed by atoms with Gasteiger partial charge in [0.15, 0.2) is 6.79 Å². The summed E-state index contributed by atoms with van der Waals surface area (Å²) < 4.78 is 37.5. The number of ether oxygens (including phenoxy) is 2. The van der Waals surface area contributed by atoms with Crippen molar-refractivity contribution in [1.29, 1.82) is 0 Å². The van der Waals surface area contributed by atoms with Crippen molar-refractivity contribution in [2.24, 2.45) is 0 Å². The van der Waals surface area contributed by atoms with E-state index in [1.54, 1.807) is 13.0 Å². The van der Waals surface area contributed by atoms with Gasteiger partial charge in [0.25, 0.3) is 5.91 Å². The monoisotopic (exact) mass is 333 g/mol. The fraction of sp³-hybridized carbons (Fsp3) is 0.278. The summed E-state index contributed by atoms with van der Waals surface area (Å²) in [6.07, 6.45) is 0.403. The summed E-state index contributed by atoms with van der Waals surface area (Å²) >= 11 is 0. The van der Waals surface area contributed by atoms with E-state index in [1.165, 1.54) is 24.3 Å². The van der Waals surface area contributed by atoms with Crippen molar-refractivity contribution in [1.82, 2.24) is 5.32 Å². The van der Waals surface area contributed by atoms with Crippen LogP contribution in [0.4, 0.5) is 8.78 Å². The van der Waals surface area contributed by atoms with E-state index in [1.807, 2.05) is 0 Å². The fourth-order valence-corrected chi connectivity index (χ4v) is 2.69. The number of amides is 1. The molecule has 1 heterocycles. The Bertz CT molecular complexity index is 777. The van der Waals surface area contributed by atoms with Crippen LogP contribution in [0.15, 0.2) is 30.3 Å². The lowest BCUT2D eigenvalue weighted by atomic mass is 10.0. The number of nitrogens with one attached hydrogen (secondary N) is 1. The summed E-state index contributed by atoms with van der Waals surface area (Å²) in [7, 11) is 0. The third-order valence-corrected chi connectivity index (χ3v) is 3.88. The quantitative estimate of drug-likeness (QED) is 0.935. The molecular weight excluding hydrogens is 316 g/mol. The second-order valence-electron chi connectivity index (χ2n) is 5.63. The van der Waals surface area contributed by atoms with Gasteiger partial charge in [-0.05, 0) is 48.7 Å². The average Bonchev–Trinajstić information content (AvgIpc) is 2.56. The van der Waals surface area contributed by atoms with Crippen LogP contribution in [0.5, 0.6) is 5.75 Å². The van der Waals surface area contributed by atoms with Crippen LogP contribution in [0, 0.1) is 18.6 Å². The Kier molecular flexibility index (Phi) is 4.76. The molecule has 1 amide bonds. The van der Waals surface area contributed by atoms with Crippen molar-refractivity contribution in [3.05, 3.63) is 64.2 Å². The maximum atomic E-state index is 13.7. The molecule has 2 aromatic carbocycles. The predicted octanol–water partition coefficient (Wildman–Crippen LogP) is 3.11. The molecule has 0 radical (unpaired) electrons. The maximum Gasteiger partial charge on any atom is 0.251 e. The molecular formula is C18H17F2NO3. The molecule has 6 heteroatoms. The predicted molar refractivity (Wildman–Crippen MR) is 83.9 cm³/mol. The minimum Gasteiger partial charge on any atom is -0.467 e. The highest BCUT2D eigenvalue weighted by atomic mass is 19.1. The number of carbonyl (C=O) groups is 1. The first-order valence-electron chi connectivity index (χ1n) is 7.61. The van der Waals surface area contributed by atoms with Gasteiger partial charge in [-0.25, -0.2) is 8.78 Å². The Morgan fingerprint density at radius 2 is 2.04 bits per heavy atom. The van der Waals surface area contributed by atoms with Gasteiger partial charge in [-0.1, -0.05) is 6.07 Å². The Balaban J connectivity index is 1.67. The van der Waals surface area contributed by atoms with Crippen LogP contribution in [0.25, 0.3) is 0 Å². The SMILES string of the molecule is Cc1ccc(F)cc1C(=O)NCCc1cc(F)cc2c1OCOC2. The summed E-state index contributed by atoms with van der Waals surface area (Å²) in [5.74, 6) is -0.580. The normalized spacial score (nSPS) is 13.1. The van der Waals surface area contributed by atoms with E-state index < -0.39 is 5.82 Å². The van der Waals surface area contributed by atoms with E-state index in [-0.39, 0.29) is 25.1 Å². The number of rotatable bonds is 4. The molecule has 0 aromatic heterocycles. The van der Waals surface area contributed by atoms with E-state index in [2.05, 4.69) is 5.32 Å². The molecule has 4 nitrogen and oxygen atoms in total. The van der Waals surface area contributed by atoms with Gasteiger partial charge < -0.3 is 14.8 Å².